The zero-order valence-corrected chi connectivity index (χ0v) is 19.0. The highest BCUT2D eigenvalue weighted by Gasteiger charge is 2.29. The van der Waals surface area contributed by atoms with Gasteiger partial charge in [-0.2, -0.15) is 18.2 Å². The predicted octanol–water partition coefficient (Wildman–Crippen LogP) is 4.95. The third kappa shape index (κ3) is 4.92. The number of nitro groups is 1. The van der Waals surface area contributed by atoms with Gasteiger partial charge in [-0.25, -0.2) is 0 Å². The van der Waals surface area contributed by atoms with Gasteiger partial charge in [-0.05, 0) is 54.1 Å². The molecule has 2 heterocycles. The molecule has 0 radical (unpaired) electrons. The number of nitrogens with zero attached hydrogens (tertiary/aromatic N) is 3. The summed E-state index contributed by atoms with van der Waals surface area (Å²) in [5.74, 6) is 0.227. The molecule has 0 atom stereocenters. The lowest BCUT2D eigenvalue weighted by molar-refractivity contribution is -0.383. The van der Waals surface area contributed by atoms with Crippen LogP contribution in [0.4, 0.5) is 24.5 Å². The van der Waals surface area contributed by atoms with Crippen molar-refractivity contribution in [2.45, 2.75) is 6.18 Å². The van der Waals surface area contributed by atoms with E-state index in [1.54, 1.807) is 24.3 Å². The van der Waals surface area contributed by atoms with Crippen molar-refractivity contribution in [1.29, 1.82) is 0 Å². The fourth-order valence-corrected chi connectivity index (χ4v) is 3.64. The Morgan fingerprint density at radius 3 is 2.42 bits per heavy atom. The lowest BCUT2D eigenvalue weighted by Gasteiger charge is -2.15. The van der Waals surface area contributed by atoms with Gasteiger partial charge in [0.05, 0.1) is 17.7 Å². The van der Waals surface area contributed by atoms with Crippen LogP contribution in [0.2, 0.25) is 0 Å². The summed E-state index contributed by atoms with van der Waals surface area (Å²) in [6, 6.07) is 14.9. The number of rotatable bonds is 7. The van der Waals surface area contributed by atoms with Crippen LogP contribution in [0.3, 0.4) is 0 Å². The summed E-state index contributed by atoms with van der Waals surface area (Å²) in [7, 11) is 3.01. The molecule has 0 aliphatic carbocycles. The van der Waals surface area contributed by atoms with Crippen LogP contribution < -0.4 is 20.3 Å². The minimum absolute atomic E-state index is 0.0735. The molecule has 4 rings (SSSR count). The van der Waals surface area contributed by atoms with Crippen molar-refractivity contribution in [3.8, 4) is 28.4 Å². The van der Waals surface area contributed by atoms with E-state index in [2.05, 4.69) is 10.3 Å². The molecule has 0 bridgehead atoms. The number of anilines is 1. The van der Waals surface area contributed by atoms with Crippen LogP contribution in [0.25, 0.3) is 27.8 Å². The Hall–Kier alpha value is -4.61. The average molecular weight is 500 g/mol. The van der Waals surface area contributed by atoms with Crippen molar-refractivity contribution < 1.29 is 27.6 Å². The molecule has 0 amide bonds. The molecule has 12 heteroatoms. The Balaban J connectivity index is 1.95. The number of halogens is 3. The van der Waals surface area contributed by atoms with Gasteiger partial charge in [0.15, 0.2) is 12.3 Å². The molecule has 0 saturated carbocycles. The molecular formula is C24H19F3N4O5. The van der Waals surface area contributed by atoms with Crippen LogP contribution in [0.5, 0.6) is 11.6 Å². The van der Waals surface area contributed by atoms with Gasteiger partial charge < -0.3 is 14.8 Å². The number of hydrogen-bond donors (Lipinski definition) is 1. The lowest BCUT2D eigenvalue weighted by Crippen LogP contribution is -2.22. The van der Waals surface area contributed by atoms with Crippen LogP contribution >= 0.6 is 0 Å². The summed E-state index contributed by atoms with van der Waals surface area (Å²) < 4.78 is 49.1. The van der Waals surface area contributed by atoms with Crippen LogP contribution in [0.1, 0.15) is 0 Å². The Bertz CT molecular complexity index is 1500. The zero-order valence-electron chi connectivity index (χ0n) is 19.0. The molecule has 0 aliphatic rings. The molecule has 2 aromatic carbocycles. The van der Waals surface area contributed by atoms with Gasteiger partial charge in [0.2, 0.25) is 5.88 Å². The summed E-state index contributed by atoms with van der Waals surface area (Å²) in [5.41, 5.74) is 0.567. The summed E-state index contributed by atoms with van der Waals surface area (Å²) in [6.45, 7) is -1.54. The largest absolute Gasteiger partial charge is 0.497 e. The van der Waals surface area contributed by atoms with Crippen LogP contribution in [0.15, 0.2) is 65.5 Å². The number of nitro benzene ring substituents is 1. The Kier molecular flexibility index (Phi) is 6.51. The van der Waals surface area contributed by atoms with Crippen molar-refractivity contribution >= 4 is 22.4 Å². The number of aromatic nitrogens is 2. The van der Waals surface area contributed by atoms with Crippen molar-refractivity contribution in [3.05, 3.63) is 81.1 Å². The summed E-state index contributed by atoms with van der Waals surface area (Å²) in [4.78, 5) is 28.6. The molecule has 0 unspecified atom stereocenters. The first kappa shape index (κ1) is 24.5. The van der Waals surface area contributed by atoms with Crippen LogP contribution in [-0.4, -0.2) is 41.4 Å². The van der Waals surface area contributed by atoms with Gasteiger partial charge in [0, 0.05) is 30.1 Å². The van der Waals surface area contributed by atoms with E-state index in [1.165, 1.54) is 55.1 Å². The van der Waals surface area contributed by atoms with Crippen LogP contribution in [-0.2, 0) is 0 Å². The molecular weight excluding hydrogens is 481 g/mol. The first-order valence-corrected chi connectivity index (χ1v) is 10.5. The molecule has 0 spiro atoms. The van der Waals surface area contributed by atoms with E-state index in [1.807, 2.05) is 0 Å². The molecule has 4 aromatic rings. The summed E-state index contributed by atoms with van der Waals surface area (Å²) >= 11 is 0. The number of ether oxygens (including phenoxy) is 2. The predicted molar refractivity (Wildman–Crippen MR) is 127 cm³/mol. The van der Waals surface area contributed by atoms with Gasteiger partial charge in [-0.3, -0.25) is 19.5 Å². The number of benzene rings is 2. The molecule has 1 N–H and O–H groups in total. The molecule has 0 fully saturated rings. The van der Waals surface area contributed by atoms with Gasteiger partial charge in [0.25, 0.3) is 11.2 Å². The fourth-order valence-electron chi connectivity index (χ4n) is 3.64. The topological polar surface area (TPSA) is 109 Å². The lowest BCUT2D eigenvalue weighted by atomic mass is 10.0. The second-order valence-corrected chi connectivity index (χ2v) is 7.60. The standard InChI is InChI=1S/C24H19F3N4O5/c1-28-19-12-14(3-9-20(19)31(33)34)18-11-15-4-10-21(36-13-24(25,26)27)29-22(15)30(23(18)32)16-5-7-17(35-2)8-6-16/h3-12,28H,13H2,1-2H3. The van der Waals surface area contributed by atoms with E-state index in [-0.39, 0.29) is 28.5 Å². The van der Waals surface area contributed by atoms with Gasteiger partial charge in [-0.15, -0.1) is 0 Å². The third-order valence-corrected chi connectivity index (χ3v) is 5.31. The summed E-state index contributed by atoms with van der Waals surface area (Å²) in [5, 5.41) is 14.5. The second-order valence-electron chi connectivity index (χ2n) is 7.60. The highest BCUT2D eigenvalue weighted by molar-refractivity contribution is 5.84. The zero-order chi connectivity index (χ0) is 26.0. The smallest absolute Gasteiger partial charge is 0.422 e. The van der Waals surface area contributed by atoms with Gasteiger partial charge >= 0.3 is 6.18 Å². The Morgan fingerprint density at radius 2 is 1.81 bits per heavy atom. The first-order chi connectivity index (χ1) is 17.1. The van der Waals surface area contributed by atoms with Crippen molar-refractivity contribution in [3.63, 3.8) is 0 Å². The monoisotopic (exact) mass is 500 g/mol. The minimum Gasteiger partial charge on any atom is -0.497 e. The second kappa shape index (κ2) is 9.56. The van der Waals surface area contributed by atoms with Crippen LogP contribution in [0, 0.1) is 10.1 Å². The molecule has 186 valence electrons. The van der Waals surface area contributed by atoms with Crippen molar-refractivity contribution in [2.24, 2.45) is 0 Å². The van der Waals surface area contributed by atoms with Crippen molar-refractivity contribution in [2.75, 3.05) is 26.1 Å². The van der Waals surface area contributed by atoms with Crippen molar-refractivity contribution in [1.82, 2.24) is 9.55 Å². The normalized spacial score (nSPS) is 11.4. The number of alkyl halides is 3. The Morgan fingerprint density at radius 1 is 1.08 bits per heavy atom. The Labute approximate surface area is 201 Å². The highest BCUT2D eigenvalue weighted by atomic mass is 19.4. The van der Waals surface area contributed by atoms with E-state index < -0.39 is 23.3 Å². The van der Waals surface area contributed by atoms with Gasteiger partial charge in [-0.1, -0.05) is 0 Å². The minimum atomic E-state index is -4.56. The maximum absolute atomic E-state index is 13.7. The molecule has 2 aromatic heterocycles. The van der Waals surface area contributed by atoms with E-state index >= 15 is 0 Å². The summed E-state index contributed by atoms with van der Waals surface area (Å²) in [6.07, 6.45) is -4.56. The SMILES string of the molecule is CNc1cc(-c2cc3ccc(OCC(F)(F)F)nc3n(-c3ccc(OC)cc3)c2=O)ccc1[N+](=O)[O-]. The fraction of sp³-hybridized carbons (Fsp3) is 0.167. The number of hydrogen-bond acceptors (Lipinski definition) is 7. The molecule has 36 heavy (non-hydrogen) atoms. The van der Waals surface area contributed by atoms with E-state index in [9.17, 15) is 28.1 Å². The highest BCUT2D eigenvalue weighted by Crippen LogP contribution is 2.31. The average Bonchev–Trinajstić information content (AvgIpc) is 2.86. The van der Waals surface area contributed by atoms with E-state index in [4.69, 9.17) is 9.47 Å². The van der Waals surface area contributed by atoms with E-state index in [0.717, 1.165) is 0 Å². The molecule has 0 aliphatic heterocycles. The van der Waals surface area contributed by atoms with E-state index in [0.29, 0.717) is 22.4 Å². The first-order valence-electron chi connectivity index (χ1n) is 10.5. The number of fused-ring (bicyclic) bond motifs is 1. The van der Waals surface area contributed by atoms with Gasteiger partial charge in [0.1, 0.15) is 11.4 Å². The number of nitrogens with one attached hydrogen (secondary N) is 1. The quantitative estimate of drug-likeness (QED) is 0.282. The third-order valence-electron chi connectivity index (χ3n) is 5.31. The number of pyridine rings is 2. The number of methoxy groups -OCH3 is 1. The molecule has 0 saturated heterocycles. The maximum atomic E-state index is 13.7. The maximum Gasteiger partial charge on any atom is 0.422 e. The molecule has 9 nitrogen and oxygen atoms in total.